The van der Waals surface area contributed by atoms with Gasteiger partial charge in [0.25, 0.3) is 5.69 Å². The fourth-order valence-corrected chi connectivity index (χ4v) is 4.52. The SMILES string of the molecule is C[C@@H](SCC(=O)N1CCC(Cc2ccccc2)CC1)c1cccc([N+](=O)[O-])c1. The van der Waals surface area contributed by atoms with Crippen molar-refractivity contribution >= 4 is 23.4 Å². The van der Waals surface area contributed by atoms with Crippen LogP contribution in [0.4, 0.5) is 5.69 Å². The molecule has 1 aliphatic rings. The highest BCUT2D eigenvalue weighted by Gasteiger charge is 2.23. The lowest BCUT2D eigenvalue weighted by atomic mass is 9.90. The van der Waals surface area contributed by atoms with Crippen molar-refractivity contribution in [2.24, 2.45) is 5.92 Å². The van der Waals surface area contributed by atoms with Crippen LogP contribution in [0.3, 0.4) is 0 Å². The van der Waals surface area contributed by atoms with E-state index in [1.807, 2.05) is 24.0 Å². The first kappa shape index (κ1) is 20.4. The molecule has 0 unspecified atom stereocenters. The van der Waals surface area contributed by atoms with Gasteiger partial charge in [-0.3, -0.25) is 14.9 Å². The number of likely N-dealkylation sites (tertiary alicyclic amines) is 1. The largest absolute Gasteiger partial charge is 0.342 e. The van der Waals surface area contributed by atoms with Crippen LogP contribution < -0.4 is 0 Å². The lowest BCUT2D eigenvalue weighted by Crippen LogP contribution is -2.39. The van der Waals surface area contributed by atoms with Gasteiger partial charge in [-0.05, 0) is 43.2 Å². The minimum Gasteiger partial charge on any atom is -0.342 e. The molecule has 1 amide bonds. The Morgan fingerprint density at radius 2 is 1.89 bits per heavy atom. The highest BCUT2D eigenvalue weighted by atomic mass is 32.2. The summed E-state index contributed by atoms with van der Waals surface area (Å²) in [6, 6.07) is 17.2. The first-order valence-corrected chi connectivity index (χ1v) is 10.8. The Bertz CT molecular complexity index is 804. The topological polar surface area (TPSA) is 63.5 Å². The molecule has 0 aliphatic carbocycles. The molecule has 2 aromatic rings. The summed E-state index contributed by atoms with van der Waals surface area (Å²) in [4.78, 5) is 25.1. The molecule has 1 atom stereocenters. The van der Waals surface area contributed by atoms with Crippen molar-refractivity contribution < 1.29 is 9.72 Å². The molecule has 3 rings (SSSR count). The zero-order valence-corrected chi connectivity index (χ0v) is 16.9. The van der Waals surface area contributed by atoms with Gasteiger partial charge in [0.05, 0.1) is 10.7 Å². The lowest BCUT2D eigenvalue weighted by Gasteiger charge is -2.32. The Balaban J connectivity index is 1.44. The van der Waals surface area contributed by atoms with Crippen LogP contribution >= 0.6 is 11.8 Å². The van der Waals surface area contributed by atoms with Crippen LogP contribution in [-0.4, -0.2) is 34.6 Å². The summed E-state index contributed by atoms with van der Waals surface area (Å²) in [6.45, 7) is 3.63. The van der Waals surface area contributed by atoms with Crippen LogP contribution in [0.2, 0.25) is 0 Å². The van der Waals surface area contributed by atoms with Gasteiger partial charge >= 0.3 is 0 Å². The first-order chi connectivity index (χ1) is 13.5. The molecule has 1 saturated heterocycles. The van der Waals surface area contributed by atoms with Crippen LogP contribution in [0.5, 0.6) is 0 Å². The average molecular weight is 399 g/mol. The Labute approximate surface area is 170 Å². The number of nitro benzene ring substituents is 1. The van der Waals surface area contributed by atoms with E-state index in [4.69, 9.17) is 0 Å². The van der Waals surface area contributed by atoms with Gasteiger partial charge in [0, 0.05) is 30.5 Å². The number of hydrogen-bond donors (Lipinski definition) is 0. The number of piperidine rings is 1. The normalized spacial score (nSPS) is 16.0. The summed E-state index contributed by atoms with van der Waals surface area (Å²) in [6.07, 6.45) is 3.18. The number of nitrogens with zero attached hydrogens (tertiary/aromatic N) is 2. The van der Waals surface area contributed by atoms with Crippen LogP contribution in [0.25, 0.3) is 0 Å². The second kappa shape index (κ2) is 9.73. The smallest absolute Gasteiger partial charge is 0.269 e. The molecule has 1 aliphatic heterocycles. The van der Waals surface area contributed by atoms with Crippen LogP contribution in [0, 0.1) is 16.0 Å². The van der Waals surface area contributed by atoms with E-state index in [0.29, 0.717) is 11.7 Å². The van der Waals surface area contributed by atoms with Gasteiger partial charge in [-0.2, -0.15) is 0 Å². The molecule has 2 aromatic carbocycles. The maximum absolute atomic E-state index is 12.6. The predicted octanol–water partition coefficient (Wildman–Crippen LogP) is 4.87. The monoisotopic (exact) mass is 398 g/mol. The maximum Gasteiger partial charge on any atom is 0.269 e. The van der Waals surface area contributed by atoms with E-state index >= 15 is 0 Å². The number of amides is 1. The molecular formula is C22H26N2O3S. The number of non-ortho nitro benzene ring substituents is 1. The van der Waals surface area contributed by atoms with Crippen molar-refractivity contribution in [3.8, 4) is 0 Å². The average Bonchev–Trinajstić information content (AvgIpc) is 2.73. The van der Waals surface area contributed by atoms with Gasteiger partial charge < -0.3 is 4.90 Å². The first-order valence-electron chi connectivity index (χ1n) is 9.70. The second-order valence-corrected chi connectivity index (χ2v) is 8.65. The third-order valence-corrected chi connectivity index (χ3v) is 6.53. The predicted molar refractivity (Wildman–Crippen MR) is 113 cm³/mol. The zero-order chi connectivity index (χ0) is 19.9. The summed E-state index contributed by atoms with van der Waals surface area (Å²) < 4.78 is 0. The molecule has 0 aromatic heterocycles. The fraction of sp³-hybridized carbons (Fsp3) is 0.409. The molecule has 1 fully saturated rings. The maximum atomic E-state index is 12.6. The van der Waals surface area contributed by atoms with Crippen molar-refractivity contribution in [2.75, 3.05) is 18.8 Å². The molecule has 1 heterocycles. The standard InChI is InChI=1S/C22H26N2O3S/c1-17(20-8-5-9-21(15-20)24(26)27)28-16-22(25)23-12-10-19(11-13-23)14-18-6-3-2-4-7-18/h2-9,15,17,19H,10-14,16H2,1H3/t17-/m1/s1. The number of hydrogen-bond acceptors (Lipinski definition) is 4. The summed E-state index contributed by atoms with van der Waals surface area (Å²) in [7, 11) is 0. The van der Waals surface area contributed by atoms with E-state index < -0.39 is 0 Å². The van der Waals surface area contributed by atoms with E-state index in [1.165, 1.54) is 11.6 Å². The number of benzene rings is 2. The van der Waals surface area contributed by atoms with Gasteiger partial charge in [-0.15, -0.1) is 11.8 Å². The Kier molecular flexibility index (Phi) is 7.09. The van der Waals surface area contributed by atoms with E-state index in [1.54, 1.807) is 23.9 Å². The molecule has 148 valence electrons. The van der Waals surface area contributed by atoms with Gasteiger partial charge in [0.1, 0.15) is 0 Å². The minimum absolute atomic E-state index is 0.0412. The molecule has 0 spiro atoms. The lowest BCUT2D eigenvalue weighted by molar-refractivity contribution is -0.384. The van der Waals surface area contributed by atoms with Gasteiger partial charge in [0.2, 0.25) is 5.91 Å². The van der Waals surface area contributed by atoms with E-state index in [-0.39, 0.29) is 21.8 Å². The van der Waals surface area contributed by atoms with Gasteiger partial charge in [-0.1, -0.05) is 42.5 Å². The quantitative estimate of drug-likeness (QED) is 0.493. The number of nitro groups is 1. The molecule has 0 radical (unpaired) electrons. The van der Waals surface area contributed by atoms with Crippen molar-refractivity contribution in [2.45, 2.75) is 31.4 Å². The molecule has 5 nitrogen and oxygen atoms in total. The third kappa shape index (κ3) is 5.58. The minimum atomic E-state index is -0.383. The highest BCUT2D eigenvalue weighted by Crippen LogP contribution is 2.31. The van der Waals surface area contributed by atoms with Crippen molar-refractivity contribution in [3.05, 3.63) is 75.8 Å². The molecular weight excluding hydrogens is 372 g/mol. The van der Waals surface area contributed by atoms with Crippen molar-refractivity contribution in [1.82, 2.24) is 4.90 Å². The molecule has 0 N–H and O–H groups in total. The summed E-state index contributed by atoms with van der Waals surface area (Å²) >= 11 is 1.54. The number of thioether (sulfide) groups is 1. The highest BCUT2D eigenvalue weighted by molar-refractivity contribution is 8.00. The Morgan fingerprint density at radius 3 is 2.57 bits per heavy atom. The van der Waals surface area contributed by atoms with E-state index in [9.17, 15) is 14.9 Å². The van der Waals surface area contributed by atoms with E-state index in [0.717, 1.165) is 37.9 Å². The third-order valence-electron chi connectivity index (χ3n) is 5.34. The molecule has 0 saturated carbocycles. The molecule has 0 bridgehead atoms. The number of carbonyl (C=O) groups excluding carboxylic acids is 1. The molecule has 28 heavy (non-hydrogen) atoms. The van der Waals surface area contributed by atoms with Crippen LogP contribution in [0.1, 0.15) is 36.1 Å². The van der Waals surface area contributed by atoms with Crippen molar-refractivity contribution in [3.63, 3.8) is 0 Å². The Morgan fingerprint density at radius 1 is 1.18 bits per heavy atom. The summed E-state index contributed by atoms with van der Waals surface area (Å²) in [5.74, 6) is 1.22. The zero-order valence-electron chi connectivity index (χ0n) is 16.1. The van der Waals surface area contributed by atoms with Crippen molar-refractivity contribution in [1.29, 1.82) is 0 Å². The second-order valence-electron chi connectivity index (χ2n) is 7.32. The summed E-state index contributed by atoms with van der Waals surface area (Å²) in [5.41, 5.74) is 2.35. The summed E-state index contributed by atoms with van der Waals surface area (Å²) in [5, 5.41) is 11.0. The van der Waals surface area contributed by atoms with Gasteiger partial charge in [0.15, 0.2) is 0 Å². The molecule has 6 heteroatoms. The van der Waals surface area contributed by atoms with E-state index in [2.05, 4.69) is 24.3 Å². The van der Waals surface area contributed by atoms with Gasteiger partial charge in [-0.25, -0.2) is 0 Å². The van der Waals surface area contributed by atoms with Crippen LogP contribution in [-0.2, 0) is 11.2 Å². The Hall–Kier alpha value is -2.34. The number of carbonyl (C=O) groups is 1. The van der Waals surface area contributed by atoms with Crippen LogP contribution in [0.15, 0.2) is 54.6 Å². The fourth-order valence-electron chi connectivity index (χ4n) is 3.61. The number of rotatable bonds is 7.